The minimum absolute atomic E-state index is 0.0393. The van der Waals surface area contributed by atoms with Gasteiger partial charge in [-0.15, -0.1) is 11.6 Å². The van der Waals surface area contributed by atoms with E-state index >= 15 is 0 Å². The summed E-state index contributed by atoms with van der Waals surface area (Å²) < 4.78 is 39.2. The molecule has 0 saturated heterocycles. The highest BCUT2D eigenvalue weighted by Crippen LogP contribution is 2.22. The first-order valence-corrected chi connectivity index (χ1v) is 8.21. The van der Waals surface area contributed by atoms with Crippen molar-refractivity contribution in [1.29, 1.82) is 0 Å². The Kier molecular flexibility index (Phi) is 6.23. The van der Waals surface area contributed by atoms with E-state index in [2.05, 4.69) is 0 Å². The largest absolute Gasteiger partial charge is 0.243 e. The number of rotatable bonds is 7. The average molecular weight is 308 g/mol. The highest BCUT2D eigenvalue weighted by atomic mass is 35.5. The topological polar surface area (TPSA) is 37.4 Å². The van der Waals surface area contributed by atoms with Crippen LogP contribution in [0, 0.1) is 5.82 Å². The molecule has 0 aliphatic rings. The van der Waals surface area contributed by atoms with Crippen molar-refractivity contribution in [2.24, 2.45) is 0 Å². The van der Waals surface area contributed by atoms with Crippen LogP contribution in [0.25, 0.3) is 0 Å². The Labute approximate surface area is 119 Å². The first-order chi connectivity index (χ1) is 8.93. The van der Waals surface area contributed by atoms with E-state index in [1.807, 2.05) is 6.92 Å². The Bertz CT molecular complexity index is 519. The maximum Gasteiger partial charge on any atom is 0.243 e. The van der Waals surface area contributed by atoms with Crippen LogP contribution in [-0.4, -0.2) is 26.3 Å². The number of hydrogen-bond acceptors (Lipinski definition) is 2. The summed E-state index contributed by atoms with van der Waals surface area (Å²) >= 11 is 5.72. The molecule has 0 amide bonds. The fourth-order valence-corrected chi connectivity index (χ4v) is 3.50. The molecular formula is C13H19ClFNO2S. The summed E-state index contributed by atoms with van der Waals surface area (Å²) in [4.78, 5) is -0.0403. The third kappa shape index (κ3) is 4.16. The van der Waals surface area contributed by atoms with Crippen LogP contribution < -0.4 is 0 Å². The highest BCUT2D eigenvalue weighted by molar-refractivity contribution is 7.89. The maximum absolute atomic E-state index is 13.3. The molecule has 0 aliphatic carbocycles. The summed E-state index contributed by atoms with van der Waals surface area (Å²) in [6.07, 6.45) is 2.77. The lowest BCUT2D eigenvalue weighted by atomic mass is 10.2. The summed E-state index contributed by atoms with van der Waals surface area (Å²) in [5.74, 6) is -0.535. The van der Waals surface area contributed by atoms with Crippen LogP contribution >= 0.6 is 11.6 Å². The average Bonchev–Trinajstić information content (AvgIpc) is 2.38. The van der Waals surface area contributed by atoms with Crippen molar-refractivity contribution >= 4 is 21.6 Å². The van der Waals surface area contributed by atoms with Gasteiger partial charge in [-0.2, -0.15) is 0 Å². The van der Waals surface area contributed by atoms with Gasteiger partial charge in [0.15, 0.2) is 0 Å². The summed E-state index contributed by atoms with van der Waals surface area (Å²) in [6.45, 7) is 2.47. The number of halogens is 2. The van der Waals surface area contributed by atoms with Gasteiger partial charge in [-0.25, -0.2) is 17.1 Å². The number of alkyl halides is 1. The van der Waals surface area contributed by atoms with Gasteiger partial charge < -0.3 is 0 Å². The first kappa shape index (κ1) is 16.4. The summed E-state index contributed by atoms with van der Waals surface area (Å²) in [5.41, 5.74) is 0.422. The predicted molar refractivity (Wildman–Crippen MR) is 75.3 cm³/mol. The molecule has 6 heteroatoms. The fourth-order valence-electron chi connectivity index (χ4n) is 1.75. The zero-order valence-electron chi connectivity index (χ0n) is 11.2. The Morgan fingerprint density at radius 3 is 2.58 bits per heavy atom. The van der Waals surface area contributed by atoms with Crippen LogP contribution in [0.3, 0.4) is 0 Å². The lowest BCUT2D eigenvalue weighted by Gasteiger charge is -2.18. The van der Waals surface area contributed by atoms with Crippen molar-refractivity contribution < 1.29 is 12.8 Å². The molecule has 1 aromatic carbocycles. The van der Waals surface area contributed by atoms with Crippen molar-refractivity contribution in [3.05, 3.63) is 29.6 Å². The summed E-state index contributed by atoms with van der Waals surface area (Å²) in [6, 6.07) is 3.66. The van der Waals surface area contributed by atoms with Gasteiger partial charge >= 0.3 is 0 Å². The molecule has 0 aromatic heterocycles. The molecule has 0 unspecified atom stereocenters. The molecule has 0 saturated carbocycles. The monoisotopic (exact) mass is 307 g/mol. The molecule has 1 aromatic rings. The third-order valence-corrected chi connectivity index (χ3v) is 5.16. The second-order valence-corrected chi connectivity index (χ2v) is 6.70. The zero-order valence-corrected chi connectivity index (χ0v) is 12.8. The first-order valence-electron chi connectivity index (χ1n) is 6.24. The lowest BCUT2D eigenvalue weighted by molar-refractivity contribution is 0.453. The molecule has 0 N–H and O–H groups in total. The minimum Gasteiger partial charge on any atom is -0.207 e. The minimum atomic E-state index is -3.68. The fraction of sp³-hybridized carbons (Fsp3) is 0.538. The molecule has 108 valence electrons. The van der Waals surface area contributed by atoms with Gasteiger partial charge in [-0.3, -0.25) is 0 Å². The van der Waals surface area contributed by atoms with Crippen LogP contribution in [-0.2, 0) is 15.9 Å². The Morgan fingerprint density at radius 2 is 2.00 bits per heavy atom. The summed E-state index contributed by atoms with van der Waals surface area (Å²) in [5, 5.41) is 0. The van der Waals surface area contributed by atoms with Gasteiger partial charge in [-0.05, 0) is 24.1 Å². The second-order valence-electron chi connectivity index (χ2n) is 4.42. The van der Waals surface area contributed by atoms with Crippen LogP contribution in [0.15, 0.2) is 23.1 Å². The zero-order chi connectivity index (χ0) is 14.5. The van der Waals surface area contributed by atoms with Crippen molar-refractivity contribution in [2.75, 3.05) is 13.6 Å². The molecule has 1 rings (SSSR count). The van der Waals surface area contributed by atoms with E-state index in [0.717, 1.165) is 25.3 Å². The van der Waals surface area contributed by atoms with E-state index in [1.54, 1.807) is 0 Å². The molecule has 0 radical (unpaired) electrons. The molecule has 0 fully saturated rings. The van der Waals surface area contributed by atoms with E-state index in [1.165, 1.54) is 23.5 Å². The van der Waals surface area contributed by atoms with Gasteiger partial charge in [0.2, 0.25) is 10.0 Å². The van der Waals surface area contributed by atoms with E-state index in [0.29, 0.717) is 12.1 Å². The van der Waals surface area contributed by atoms with Gasteiger partial charge in [0.1, 0.15) is 5.82 Å². The Balaban J connectivity index is 3.02. The van der Waals surface area contributed by atoms with Gasteiger partial charge in [0.05, 0.1) is 4.90 Å². The molecule has 0 spiro atoms. The van der Waals surface area contributed by atoms with Crippen LogP contribution in [0.4, 0.5) is 4.39 Å². The standard InChI is InChI=1S/C13H19ClFNO2S/c1-3-4-5-8-16(2)19(17,18)13-9-12(15)7-6-11(13)10-14/h6-7,9H,3-5,8,10H2,1-2H3. The van der Waals surface area contributed by atoms with Gasteiger partial charge in [-0.1, -0.05) is 25.8 Å². The molecule has 0 heterocycles. The SMILES string of the molecule is CCCCCN(C)S(=O)(=O)c1cc(F)ccc1CCl. The Hall–Kier alpha value is -0.650. The summed E-state index contributed by atoms with van der Waals surface area (Å²) in [7, 11) is -2.17. The van der Waals surface area contributed by atoms with E-state index in [9.17, 15) is 12.8 Å². The normalized spacial score (nSPS) is 12.1. The molecular weight excluding hydrogens is 289 g/mol. The molecule has 0 atom stereocenters. The molecule has 19 heavy (non-hydrogen) atoms. The van der Waals surface area contributed by atoms with Gasteiger partial charge in [0.25, 0.3) is 0 Å². The van der Waals surface area contributed by atoms with Crippen molar-refractivity contribution in [3.63, 3.8) is 0 Å². The predicted octanol–water partition coefficient (Wildman–Crippen LogP) is 3.38. The van der Waals surface area contributed by atoms with E-state index < -0.39 is 15.8 Å². The van der Waals surface area contributed by atoms with Crippen LogP contribution in [0.1, 0.15) is 31.7 Å². The maximum atomic E-state index is 13.3. The number of nitrogens with zero attached hydrogens (tertiary/aromatic N) is 1. The van der Waals surface area contributed by atoms with E-state index in [-0.39, 0.29) is 10.8 Å². The highest BCUT2D eigenvalue weighted by Gasteiger charge is 2.23. The molecule has 0 bridgehead atoms. The third-order valence-electron chi connectivity index (χ3n) is 2.94. The van der Waals surface area contributed by atoms with Crippen molar-refractivity contribution in [2.45, 2.75) is 37.0 Å². The van der Waals surface area contributed by atoms with Crippen LogP contribution in [0.5, 0.6) is 0 Å². The quantitative estimate of drug-likeness (QED) is 0.572. The number of benzene rings is 1. The van der Waals surface area contributed by atoms with Crippen LogP contribution in [0.2, 0.25) is 0 Å². The number of sulfonamides is 1. The number of unbranched alkanes of at least 4 members (excludes halogenated alkanes) is 2. The molecule has 0 aliphatic heterocycles. The van der Waals surface area contributed by atoms with Crippen molar-refractivity contribution in [3.8, 4) is 0 Å². The second kappa shape index (κ2) is 7.22. The van der Waals surface area contributed by atoms with Gasteiger partial charge in [0, 0.05) is 19.5 Å². The molecule has 3 nitrogen and oxygen atoms in total. The van der Waals surface area contributed by atoms with E-state index in [4.69, 9.17) is 11.6 Å². The number of hydrogen-bond donors (Lipinski definition) is 0. The smallest absolute Gasteiger partial charge is 0.207 e. The lowest BCUT2D eigenvalue weighted by Crippen LogP contribution is -2.28. The van der Waals surface area contributed by atoms with Crippen molar-refractivity contribution in [1.82, 2.24) is 4.31 Å². The Morgan fingerprint density at radius 1 is 1.32 bits per heavy atom.